The quantitative estimate of drug-likeness (QED) is 0.339. The summed E-state index contributed by atoms with van der Waals surface area (Å²) in [6.45, 7) is 7.44. The van der Waals surface area contributed by atoms with Gasteiger partial charge in [0.25, 0.3) is 5.56 Å². The Hall–Kier alpha value is -3.83. The van der Waals surface area contributed by atoms with Crippen molar-refractivity contribution in [1.82, 2.24) is 14.3 Å². The van der Waals surface area contributed by atoms with E-state index in [9.17, 15) is 9.59 Å². The molecule has 7 rings (SSSR count). The number of aromatic nitrogens is 2. The lowest BCUT2D eigenvalue weighted by atomic mass is 10.0. The third-order valence-corrected chi connectivity index (χ3v) is 9.26. The number of amides is 1. The SMILES string of the molecule is CC(C(=O)Nc1ccc2sc3c(-c4cccn5c(=O)cc(N6CCOCC6)nc45)cccc3c2c1)N1CCOCC1. The van der Waals surface area contributed by atoms with Crippen LogP contribution in [0.1, 0.15) is 6.92 Å². The van der Waals surface area contributed by atoms with Crippen LogP contribution >= 0.6 is 11.3 Å². The number of anilines is 2. The van der Waals surface area contributed by atoms with Gasteiger partial charge in [-0.2, -0.15) is 0 Å². The van der Waals surface area contributed by atoms with E-state index in [0.29, 0.717) is 51.0 Å². The Bertz CT molecular complexity index is 1820. The van der Waals surface area contributed by atoms with Crippen molar-refractivity contribution in [2.45, 2.75) is 13.0 Å². The molecule has 5 aromatic rings. The van der Waals surface area contributed by atoms with Gasteiger partial charge in [-0.05, 0) is 37.3 Å². The standard InChI is InChI=1S/C31H31N5O4S/c1-20(34-10-14-39-15-11-34)31(38)32-21-7-8-26-25(18-21)23-5-2-4-22(29(23)41-26)24-6-3-9-36-28(37)19-27(33-30(24)36)35-12-16-40-17-13-35/h2-9,18-20H,10-17H2,1H3,(H,32,38). The van der Waals surface area contributed by atoms with E-state index in [-0.39, 0.29) is 17.5 Å². The Morgan fingerprint density at radius 2 is 1.68 bits per heavy atom. The molecule has 0 spiro atoms. The summed E-state index contributed by atoms with van der Waals surface area (Å²) in [6, 6.07) is 17.7. The van der Waals surface area contributed by atoms with E-state index >= 15 is 0 Å². The number of morpholine rings is 2. The van der Waals surface area contributed by atoms with Gasteiger partial charge in [0.15, 0.2) is 0 Å². The molecule has 3 aromatic heterocycles. The van der Waals surface area contributed by atoms with Crippen molar-refractivity contribution in [3.05, 3.63) is 71.1 Å². The Labute approximate surface area is 240 Å². The molecule has 10 heteroatoms. The average Bonchev–Trinajstić information content (AvgIpc) is 3.39. The highest BCUT2D eigenvalue weighted by atomic mass is 32.1. The van der Waals surface area contributed by atoms with E-state index in [1.165, 1.54) is 0 Å². The zero-order valence-corrected chi connectivity index (χ0v) is 23.7. The van der Waals surface area contributed by atoms with E-state index in [0.717, 1.165) is 50.1 Å². The van der Waals surface area contributed by atoms with Crippen molar-refractivity contribution in [1.29, 1.82) is 0 Å². The molecule has 41 heavy (non-hydrogen) atoms. The van der Waals surface area contributed by atoms with Crippen LogP contribution < -0.4 is 15.8 Å². The second-order valence-corrected chi connectivity index (χ2v) is 11.5. The van der Waals surface area contributed by atoms with Crippen molar-refractivity contribution in [2.24, 2.45) is 0 Å². The van der Waals surface area contributed by atoms with Gasteiger partial charge < -0.3 is 19.7 Å². The molecule has 0 radical (unpaired) electrons. The summed E-state index contributed by atoms with van der Waals surface area (Å²) in [5.74, 6) is 0.663. The number of thiophene rings is 1. The molecule has 0 saturated carbocycles. The molecule has 2 aliphatic heterocycles. The number of pyridine rings is 1. The van der Waals surface area contributed by atoms with Crippen LogP contribution in [0.3, 0.4) is 0 Å². The lowest BCUT2D eigenvalue weighted by Crippen LogP contribution is -2.47. The van der Waals surface area contributed by atoms with Gasteiger partial charge in [-0.25, -0.2) is 4.98 Å². The lowest BCUT2D eigenvalue weighted by molar-refractivity contribution is -0.122. The zero-order valence-electron chi connectivity index (χ0n) is 22.8. The van der Waals surface area contributed by atoms with Gasteiger partial charge in [-0.3, -0.25) is 18.9 Å². The van der Waals surface area contributed by atoms with Crippen LogP contribution in [-0.4, -0.2) is 78.8 Å². The maximum Gasteiger partial charge on any atom is 0.259 e. The molecular weight excluding hydrogens is 538 g/mol. The minimum Gasteiger partial charge on any atom is -0.379 e. The number of nitrogens with zero attached hydrogens (tertiary/aromatic N) is 4. The summed E-state index contributed by atoms with van der Waals surface area (Å²) in [5.41, 5.74) is 3.25. The largest absolute Gasteiger partial charge is 0.379 e. The molecule has 2 saturated heterocycles. The van der Waals surface area contributed by atoms with Crippen molar-refractivity contribution < 1.29 is 14.3 Å². The predicted octanol–water partition coefficient (Wildman–Crippen LogP) is 4.23. The van der Waals surface area contributed by atoms with Crippen LogP contribution in [0.2, 0.25) is 0 Å². The molecule has 210 valence electrons. The molecule has 0 bridgehead atoms. The summed E-state index contributed by atoms with van der Waals surface area (Å²) >= 11 is 1.71. The third-order valence-electron chi connectivity index (χ3n) is 8.04. The van der Waals surface area contributed by atoms with Crippen molar-refractivity contribution in [3.63, 3.8) is 0 Å². The molecule has 9 nitrogen and oxygen atoms in total. The molecule has 2 aliphatic rings. The smallest absolute Gasteiger partial charge is 0.259 e. The van der Waals surface area contributed by atoms with Gasteiger partial charge in [0, 0.05) is 75.4 Å². The van der Waals surface area contributed by atoms with Gasteiger partial charge in [-0.15, -0.1) is 11.3 Å². The third kappa shape index (κ3) is 4.87. The molecule has 1 unspecified atom stereocenters. The number of ether oxygens (including phenoxy) is 2. The minimum absolute atomic E-state index is 0.0187. The summed E-state index contributed by atoms with van der Waals surface area (Å²) < 4.78 is 14.8. The number of rotatable bonds is 5. The number of hydrogen-bond acceptors (Lipinski definition) is 8. The zero-order chi connectivity index (χ0) is 27.9. The molecule has 1 atom stereocenters. The van der Waals surface area contributed by atoms with Gasteiger partial charge in [-0.1, -0.05) is 18.2 Å². The average molecular weight is 570 g/mol. The van der Waals surface area contributed by atoms with Gasteiger partial charge in [0.05, 0.1) is 32.5 Å². The molecule has 0 aliphatic carbocycles. The van der Waals surface area contributed by atoms with Gasteiger partial charge in [0.2, 0.25) is 5.91 Å². The Morgan fingerprint density at radius 3 is 2.49 bits per heavy atom. The molecule has 2 fully saturated rings. The highest BCUT2D eigenvalue weighted by Crippen LogP contribution is 2.41. The number of carbonyl (C=O) groups excluding carboxylic acids is 1. The Balaban J connectivity index is 1.27. The van der Waals surface area contributed by atoms with E-state index < -0.39 is 0 Å². The molecular formula is C31H31N5O4S. The Morgan fingerprint density at radius 1 is 0.927 bits per heavy atom. The van der Waals surface area contributed by atoms with Crippen LogP contribution in [0.4, 0.5) is 11.5 Å². The summed E-state index contributed by atoms with van der Waals surface area (Å²) in [6.07, 6.45) is 1.77. The monoisotopic (exact) mass is 569 g/mol. The predicted molar refractivity (Wildman–Crippen MR) is 163 cm³/mol. The second-order valence-electron chi connectivity index (χ2n) is 10.5. The van der Waals surface area contributed by atoms with Gasteiger partial charge in [0.1, 0.15) is 11.5 Å². The van der Waals surface area contributed by atoms with E-state index in [1.807, 2.05) is 31.2 Å². The first-order chi connectivity index (χ1) is 20.1. The maximum atomic E-state index is 13.1. The van der Waals surface area contributed by atoms with Crippen LogP contribution in [0.5, 0.6) is 0 Å². The normalized spacial score (nSPS) is 17.3. The van der Waals surface area contributed by atoms with Crippen molar-refractivity contribution in [3.8, 4) is 11.1 Å². The first-order valence-electron chi connectivity index (χ1n) is 14.0. The topological polar surface area (TPSA) is 88.4 Å². The number of benzene rings is 2. The molecule has 5 heterocycles. The van der Waals surface area contributed by atoms with E-state index in [4.69, 9.17) is 14.5 Å². The van der Waals surface area contributed by atoms with Crippen LogP contribution in [0, 0.1) is 0 Å². The van der Waals surface area contributed by atoms with Crippen molar-refractivity contribution in [2.75, 3.05) is 62.8 Å². The van der Waals surface area contributed by atoms with Crippen molar-refractivity contribution >= 4 is 54.6 Å². The fraction of sp³-hybridized carbons (Fsp3) is 0.323. The number of fused-ring (bicyclic) bond motifs is 4. The first kappa shape index (κ1) is 26.1. The summed E-state index contributed by atoms with van der Waals surface area (Å²) in [5, 5.41) is 5.31. The molecule has 1 N–H and O–H groups in total. The van der Waals surface area contributed by atoms with E-state index in [2.05, 4.69) is 39.4 Å². The second kappa shape index (κ2) is 10.9. The number of nitrogens with one attached hydrogen (secondary N) is 1. The molecule has 2 aromatic carbocycles. The summed E-state index contributed by atoms with van der Waals surface area (Å²) in [7, 11) is 0. The molecule has 1 amide bonds. The van der Waals surface area contributed by atoms with Crippen LogP contribution in [-0.2, 0) is 14.3 Å². The highest BCUT2D eigenvalue weighted by Gasteiger charge is 2.24. The van der Waals surface area contributed by atoms with Crippen LogP contribution in [0.15, 0.2) is 65.6 Å². The highest BCUT2D eigenvalue weighted by molar-refractivity contribution is 7.26. The maximum absolute atomic E-state index is 13.1. The fourth-order valence-corrected chi connectivity index (χ4v) is 6.95. The fourth-order valence-electron chi connectivity index (χ4n) is 5.74. The lowest BCUT2D eigenvalue weighted by Gasteiger charge is -2.31. The first-order valence-corrected chi connectivity index (χ1v) is 14.8. The number of carbonyl (C=O) groups is 1. The minimum atomic E-state index is -0.231. The van der Waals surface area contributed by atoms with Crippen LogP contribution in [0.25, 0.3) is 36.9 Å². The number of hydrogen-bond donors (Lipinski definition) is 1. The summed E-state index contributed by atoms with van der Waals surface area (Å²) in [4.78, 5) is 35.4. The Kier molecular flexibility index (Phi) is 6.91. The van der Waals surface area contributed by atoms with Gasteiger partial charge >= 0.3 is 0 Å². The van der Waals surface area contributed by atoms with E-state index in [1.54, 1.807) is 28.0 Å².